The summed E-state index contributed by atoms with van der Waals surface area (Å²) in [5.74, 6) is 0.236. The van der Waals surface area contributed by atoms with Crippen LogP contribution >= 0.6 is 0 Å². The van der Waals surface area contributed by atoms with Crippen LogP contribution in [0.3, 0.4) is 0 Å². The molecule has 3 rings (SSSR count). The highest BCUT2D eigenvalue weighted by atomic mass is 16.5. The van der Waals surface area contributed by atoms with Gasteiger partial charge in [0.15, 0.2) is 0 Å². The first-order valence-corrected chi connectivity index (χ1v) is 6.82. The highest BCUT2D eigenvalue weighted by molar-refractivity contribution is 5.41. The zero-order chi connectivity index (χ0) is 12.6. The van der Waals surface area contributed by atoms with Crippen molar-refractivity contribution in [2.24, 2.45) is 11.7 Å². The van der Waals surface area contributed by atoms with Gasteiger partial charge in [0.2, 0.25) is 0 Å². The average Bonchev–Trinajstić information content (AvgIpc) is 3.06. The number of hydrogen-bond acceptors (Lipinski definition) is 3. The number of benzene rings is 1. The Morgan fingerprint density at radius 1 is 1.44 bits per heavy atom. The average molecular weight is 247 g/mol. The molecule has 3 N–H and O–H groups in total. The molecule has 1 aromatic carbocycles. The molecule has 1 heterocycles. The smallest absolute Gasteiger partial charge is 0.0700 e. The first-order chi connectivity index (χ1) is 8.78. The molecule has 18 heavy (non-hydrogen) atoms. The lowest BCUT2D eigenvalue weighted by Gasteiger charge is -2.37. The zero-order valence-electron chi connectivity index (χ0n) is 10.6. The maximum Gasteiger partial charge on any atom is 0.0700 e. The second-order valence-corrected chi connectivity index (χ2v) is 5.59. The van der Waals surface area contributed by atoms with E-state index in [1.54, 1.807) is 0 Å². The highest BCUT2D eigenvalue weighted by Crippen LogP contribution is 2.44. The summed E-state index contributed by atoms with van der Waals surface area (Å²) < 4.78 is 5.41. The standard InChI is InChI=1S/C15H21NO2/c16-10-15(14(17)12-6-8-18-9-12)7-5-11-3-1-2-4-13(11)15/h1-4,12,14,17H,5-10,16H2. The Bertz CT molecular complexity index is 428. The third-order valence-corrected chi connectivity index (χ3v) is 4.74. The minimum atomic E-state index is -0.381. The Kier molecular flexibility index (Phi) is 3.14. The van der Waals surface area contributed by atoms with E-state index in [1.165, 1.54) is 11.1 Å². The van der Waals surface area contributed by atoms with Gasteiger partial charge in [-0.25, -0.2) is 0 Å². The van der Waals surface area contributed by atoms with Crippen LogP contribution in [0.15, 0.2) is 24.3 Å². The molecule has 98 valence electrons. The topological polar surface area (TPSA) is 55.5 Å². The molecule has 1 saturated heterocycles. The van der Waals surface area contributed by atoms with Crippen molar-refractivity contribution in [2.45, 2.75) is 30.8 Å². The van der Waals surface area contributed by atoms with Crippen molar-refractivity contribution in [1.29, 1.82) is 0 Å². The summed E-state index contributed by atoms with van der Waals surface area (Å²) in [5, 5.41) is 10.8. The Hall–Kier alpha value is -0.900. The lowest BCUT2D eigenvalue weighted by atomic mass is 9.72. The molecule has 3 nitrogen and oxygen atoms in total. The molecular weight excluding hydrogens is 226 g/mol. The van der Waals surface area contributed by atoms with Crippen LogP contribution in [0.1, 0.15) is 24.0 Å². The molecule has 1 aliphatic carbocycles. The summed E-state index contributed by atoms with van der Waals surface area (Å²) in [4.78, 5) is 0. The SMILES string of the molecule is NCC1(C(O)C2CCOC2)CCc2ccccc21. The summed E-state index contributed by atoms with van der Waals surface area (Å²) in [5.41, 5.74) is 8.40. The summed E-state index contributed by atoms with van der Waals surface area (Å²) in [6, 6.07) is 8.40. The largest absolute Gasteiger partial charge is 0.392 e. The van der Waals surface area contributed by atoms with E-state index in [1.807, 2.05) is 6.07 Å². The molecule has 0 aromatic heterocycles. The second kappa shape index (κ2) is 4.65. The quantitative estimate of drug-likeness (QED) is 0.844. The Labute approximate surface area is 108 Å². The minimum absolute atomic E-state index is 0.236. The van der Waals surface area contributed by atoms with Crippen molar-refractivity contribution in [1.82, 2.24) is 0 Å². The fourth-order valence-electron chi connectivity index (χ4n) is 3.61. The van der Waals surface area contributed by atoms with E-state index in [4.69, 9.17) is 10.5 Å². The fourth-order valence-corrected chi connectivity index (χ4v) is 3.61. The normalized spacial score (nSPS) is 32.4. The monoisotopic (exact) mass is 247 g/mol. The van der Waals surface area contributed by atoms with Gasteiger partial charge in [-0.3, -0.25) is 0 Å². The van der Waals surface area contributed by atoms with E-state index < -0.39 is 0 Å². The molecule has 1 fully saturated rings. The van der Waals surface area contributed by atoms with Crippen molar-refractivity contribution in [2.75, 3.05) is 19.8 Å². The Balaban J connectivity index is 1.96. The van der Waals surface area contributed by atoms with Crippen molar-refractivity contribution in [3.05, 3.63) is 35.4 Å². The van der Waals surface area contributed by atoms with Gasteiger partial charge in [0, 0.05) is 24.5 Å². The molecule has 0 radical (unpaired) electrons. The lowest BCUT2D eigenvalue weighted by molar-refractivity contribution is 0.0254. The molecule has 2 aliphatic rings. The first-order valence-electron chi connectivity index (χ1n) is 6.82. The molecule has 0 saturated carbocycles. The van der Waals surface area contributed by atoms with Crippen LogP contribution in [0, 0.1) is 5.92 Å². The van der Waals surface area contributed by atoms with Crippen molar-refractivity contribution in [3.63, 3.8) is 0 Å². The molecular formula is C15H21NO2. The van der Waals surface area contributed by atoms with Gasteiger partial charge in [0.25, 0.3) is 0 Å². The predicted molar refractivity (Wildman–Crippen MR) is 70.4 cm³/mol. The lowest BCUT2D eigenvalue weighted by Crippen LogP contribution is -2.48. The number of nitrogens with two attached hydrogens (primary N) is 1. The van der Waals surface area contributed by atoms with Crippen LogP contribution in [0.5, 0.6) is 0 Å². The van der Waals surface area contributed by atoms with Gasteiger partial charge < -0.3 is 15.6 Å². The van der Waals surface area contributed by atoms with Gasteiger partial charge in [0.1, 0.15) is 0 Å². The molecule has 0 spiro atoms. The fraction of sp³-hybridized carbons (Fsp3) is 0.600. The Morgan fingerprint density at radius 2 is 2.28 bits per heavy atom. The first kappa shape index (κ1) is 12.2. The van der Waals surface area contributed by atoms with Gasteiger partial charge in [-0.05, 0) is 30.4 Å². The van der Waals surface area contributed by atoms with E-state index in [2.05, 4.69) is 18.2 Å². The third-order valence-electron chi connectivity index (χ3n) is 4.74. The molecule has 1 aromatic rings. The van der Waals surface area contributed by atoms with E-state index >= 15 is 0 Å². The van der Waals surface area contributed by atoms with Crippen LogP contribution in [0.4, 0.5) is 0 Å². The van der Waals surface area contributed by atoms with Crippen LogP contribution in [0.2, 0.25) is 0 Å². The maximum absolute atomic E-state index is 10.8. The van der Waals surface area contributed by atoms with E-state index in [9.17, 15) is 5.11 Å². The van der Waals surface area contributed by atoms with Gasteiger partial charge >= 0.3 is 0 Å². The van der Waals surface area contributed by atoms with Crippen molar-refractivity contribution in [3.8, 4) is 0 Å². The van der Waals surface area contributed by atoms with Crippen LogP contribution in [-0.4, -0.2) is 31.0 Å². The van der Waals surface area contributed by atoms with E-state index in [-0.39, 0.29) is 17.4 Å². The highest BCUT2D eigenvalue weighted by Gasteiger charge is 2.47. The number of fused-ring (bicyclic) bond motifs is 1. The number of hydrogen-bond donors (Lipinski definition) is 2. The van der Waals surface area contributed by atoms with E-state index in [0.29, 0.717) is 13.2 Å². The summed E-state index contributed by atoms with van der Waals surface area (Å²) in [6.07, 6.45) is 2.55. The maximum atomic E-state index is 10.8. The molecule has 1 aliphatic heterocycles. The second-order valence-electron chi connectivity index (χ2n) is 5.59. The Morgan fingerprint density at radius 3 is 3.00 bits per heavy atom. The molecule has 3 heteroatoms. The zero-order valence-corrected chi connectivity index (χ0v) is 10.6. The van der Waals surface area contributed by atoms with E-state index in [0.717, 1.165) is 25.9 Å². The van der Waals surface area contributed by atoms with Gasteiger partial charge in [0.05, 0.1) is 12.7 Å². The van der Waals surface area contributed by atoms with Gasteiger partial charge in [-0.1, -0.05) is 24.3 Å². The number of aryl methyl sites for hydroxylation is 1. The number of rotatable bonds is 3. The number of ether oxygens (including phenoxy) is 1. The number of aliphatic hydroxyl groups is 1. The predicted octanol–water partition coefficient (Wildman–Crippen LogP) is 1.23. The minimum Gasteiger partial charge on any atom is -0.392 e. The molecule has 0 bridgehead atoms. The van der Waals surface area contributed by atoms with Gasteiger partial charge in [-0.15, -0.1) is 0 Å². The van der Waals surface area contributed by atoms with Crippen molar-refractivity contribution >= 4 is 0 Å². The summed E-state index contributed by atoms with van der Waals surface area (Å²) in [7, 11) is 0. The number of aliphatic hydroxyl groups excluding tert-OH is 1. The third kappa shape index (κ3) is 1.69. The molecule has 0 amide bonds. The van der Waals surface area contributed by atoms with Crippen LogP contribution < -0.4 is 5.73 Å². The van der Waals surface area contributed by atoms with Crippen LogP contribution in [0.25, 0.3) is 0 Å². The molecule has 3 atom stereocenters. The van der Waals surface area contributed by atoms with Crippen molar-refractivity contribution < 1.29 is 9.84 Å². The summed E-state index contributed by atoms with van der Waals surface area (Å²) >= 11 is 0. The van der Waals surface area contributed by atoms with Gasteiger partial charge in [-0.2, -0.15) is 0 Å². The van der Waals surface area contributed by atoms with Crippen LogP contribution in [-0.2, 0) is 16.6 Å². The summed E-state index contributed by atoms with van der Waals surface area (Å²) in [6.45, 7) is 1.96. The molecule has 3 unspecified atom stereocenters.